The van der Waals surface area contributed by atoms with E-state index in [0.717, 1.165) is 12.1 Å². The summed E-state index contributed by atoms with van der Waals surface area (Å²) in [7, 11) is -1.01. The van der Waals surface area contributed by atoms with E-state index in [9.17, 15) is 21.8 Å². The Bertz CT molecular complexity index is 462. The van der Waals surface area contributed by atoms with Gasteiger partial charge in [-0.15, -0.1) is 0 Å². The maximum absolute atomic E-state index is 13.1. The van der Waals surface area contributed by atoms with Crippen molar-refractivity contribution in [3.63, 3.8) is 0 Å². The molecule has 1 aromatic carbocycles. The molecule has 7 heteroatoms. The maximum Gasteiger partial charge on any atom is 0.416 e. The fourth-order valence-electron chi connectivity index (χ4n) is 1.45. The van der Waals surface area contributed by atoms with Crippen LogP contribution in [0.5, 0.6) is 0 Å². The first-order valence-electron chi connectivity index (χ1n) is 5.59. The summed E-state index contributed by atoms with van der Waals surface area (Å²) < 4.78 is 61.6. The fourth-order valence-corrected chi connectivity index (χ4v) is 1.81. The van der Waals surface area contributed by atoms with Gasteiger partial charge in [0.05, 0.1) is 5.56 Å². The van der Waals surface area contributed by atoms with Crippen molar-refractivity contribution in [3.05, 3.63) is 35.1 Å². The van der Waals surface area contributed by atoms with E-state index in [-0.39, 0.29) is 17.4 Å². The van der Waals surface area contributed by atoms with Gasteiger partial charge in [0, 0.05) is 35.4 Å². The fraction of sp³-hybridized carbons (Fsp3) is 0.500. The van der Waals surface area contributed by atoms with Gasteiger partial charge in [-0.25, -0.2) is 4.39 Å². The highest BCUT2D eigenvalue weighted by atomic mass is 32.2. The Morgan fingerprint density at radius 3 is 2.47 bits per heavy atom. The van der Waals surface area contributed by atoms with Crippen LogP contribution in [0.2, 0.25) is 0 Å². The maximum atomic E-state index is 13.1. The topological polar surface area (TPSA) is 29.1 Å². The zero-order chi connectivity index (χ0) is 14.6. The Labute approximate surface area is 111 Å². The molecule has 0 aromatic heterocycles. The van der Waals surface area contributed by atoms with Crippen LogP contribution in [0.15, 0.2) is 18.2 Å². The van der Waals surface area contributed by atoms with Crippen molar-refractivity contribution in [2.75, 3.05) is 12.8 Å². The van der Waals surface area contributed by atoms with Crippen LogP contribution in [0.25, 0.3) is 0 Å². The number of alkyl halides is 3. The van der Waals surface area contributed by atoms with E-state index in [1.165, 1.54) is 0 Å². The second-order valence-electron chi connectivity index (χ2n) is 4.29. The minimum absolute atomic E-state index is 0.0996. The van der Waals surface area contributed by atoms with Crippen LogP contribution >= 0.6 is 0 Å². The van der Waals surface area contributed by atoms with Crippen LogP contribution in [0.1, 0.15) is 18.1 Å². The average Bonchev–Trinajstić information content (AvgIpc) is 2.26. The van der Waals surface area contributed by atoms with Crippen LogP contribution in [0.3, 0.4) is 0 Å². The third kappa shape index (κ3) is 5.28. The predicted octanol–water partition coefficient (Wildman–Crippen LogP) is 2.70. The van der Waals surface area contributed by atoms with Gasteiger partial charge in [0.25, 0.3) is 0 Å². The summed E-state index contributed by atoms with van der Waals surface area (Å²) in [6.07, 6.45) is -3.01. The highest BCUT2D eigenvalue weighted by Crippen LogP contribution is 2.30. The molecule has 0 saturated heterocycles. The first-order chi connectivity index (χ1) is 8.70. The lowest BCUT2D eigenvalue weighted by Crippen LogP contribution is -2.27. The van der Waals surface area contributed by atoms with Crippen molar-refractivity contribution in [3.8, 4) is 0 Å². The van der Waals surface area contributed by atoms with Crippen molar-refractivity contribution < 1.29 is 21.8 Å². The minimum atomic E-state index is -4.56. The molecule has 0 aliphatic carbocycles. The Hall–Kier alpha value is -0.950. The quantitative estimate of drug-likeness (QED) is 0.847. The summed E-state index contributed by atoms with van der Waals surface area (Å²) in [5.41, 5.74) is -0.794. The molecular weight excluding hydrogens is 282 g/mol. The van der Waals surface area contributed by atoms with Gasteiger partial charge < -0.3 is 5.32 Å². The van der Waals surface area contributed by atoms with E-state index < -0.39 is 28.4 Å². The smallest absolute Gasteiger partial charge is 0.311 e. The zero-order valence-corrected chi connectivity index (χ0v) is 11.4. The molecule has 1 aromatic rings. The summed E-state index contributed by atoms with van der Waals surface area (Å²) in [4.78, 5) is 0. The number of rotatable bonds is 5. The number of benzene rings is 1. The molecule has 0 bridgehead atoms. The highest BCUT2D eigenvalue weighted by molar-refractivity contribution is 7.84. The Kier molecular flexibility index (Phi) is 5.49. The Morgan fingerprint density at radius 1 is 1.32 bits per heavy atom. The van der Waals surface area contributed by atoms with Gasteiger partial charge in [-0.3, -0.25) is 4.21 Å². The lowest BCUT2D eigenvalue weighted by atomic mass is 10.1. The first kappa shape index (κ1) is 16.1. The van der Waals surface area contributed by atoms with E-state index >= 15 is 0 Å². The molecule has 0 amide bonds. The van der Waals surface area contributed by atoms with Crippen molar-refractivity contribution in [1.29, 1.82) is 0 Å². The molecule has 1 rings (SSSR count). The monoisotopic (exact) mass is 297 g/mol. The molecule has 108 valence electrons. The van der Waals surface area contributed by atoms with Gasteiger partial charge in [-0.1, -0.05) is 0 Å². The van der Waals surface area contributed by atoms with Gasteiger partial charge in [0.1, 0.15) is 5.82 Å². The number of halogens is 4. The van der Waals surface area contributed by atoms with Gasteiger partial charge in [0.15, 0.2) is 0 Å². The third-order valence-corrected chi connectivity index (χ3v) is 3.91. The van der Waals surface area contributed by atoms with Gasteiger partial charge in [0.2, 0.25) is 0 Å². The van der Waals surface area contributed by atoms with Crippen molar-refractivity contribution >= 4 is 10.8 Å². The zero-order valence-electron chi connectivity index (χ0n) is 10.6. The van der Waals surface area contributed by atoms with E-state index in [2.05, 4.69) is 5.32 Å². The van der Waals surface area contributed by atoms with Crippen LogP contribution in [-0.2, 0) is 23.5 Å². The molecule has 19 heavy (non-hydrogen) atoms. The number of hydrogen-bond acceptors (Lipinski definition) is 2. The molecule has 2 nitrogen and oxygen atoms in total. The number of nitrogens with one attached hydrogen (secondary N) is 1. The largest absolute Gasteiger partial charge is 0.416 e. The molecular formula is C12H15F4NOS. The summed E-state index contributed by atoms with van der Waals surface area (Å²) in [6, 6.07) is 2.42. The molecule has 0 spiro atoms. The standard InChI is InChI=1S/C12H15F4NOS/c1-8(19(2)18)6-17-7-9-3-10(12(14,15)16)5-11(13)4-9/h3-5,8,17H,6-7H2,1-2H3. The van der Waals surface area contributed by atoms with E-state index in [1.54, 1.807) is 13.2 Å². The van der Waals surface area contributed by atoms with Gasteiger partial charge in [-0.05, 0) is 30.7 Å². The summed E-state index contributed by atoms with van der Waals surface area (Å²) in [6.45, 7) is 2.25. The first-order valence-corrected chi connectivity index (χ1v) is 7.22. The highest BCUT2D eigenvalue weighted by Gasteiger charge is 2.31. The van der Waals surface area contributed by atoms with E-state index in [0.29, 0.717) is 12.6 Å². The van der Waals surface area contributed by atoms with Crippen LogP contribution in [0, 0.1) is 5.82 Å². The SMILES string of the molecule is CC(CNCc1cc(F)cc(C(F)(F)F)c1)S(C)=O. The number of hydrogen-bond donors (Lipinski definition) is 1. The lowest BCUT2D eigenvalue weighted by Gasteiger charge is -2.12. The molecule has 0 saturated carbocycles. The molecule has 2 atom stereocenters. The Morgan fingerprint density at radius 2 is 1.95 bits per heavy atom. The van der Waals surface area contributed by atoms with E-state index in [4.69, 9.17) is 0 Å². The second kappa shape index (κ2) is 6.47. The van der Waals surface area contributed by atoms with Crippen LogP contribution < -0.4 is 5.32 Å². The molecule has 0 aliphatic rings. The van der Waals surface area contributed by atoms with Gasteiger partial charge in [-0.2, -0.15) is 13.2 Å². The molecule has 0 aliphatic heterocycles. The van der Waals surface area contributed by atoms with Crippen LogP contribution in [0.4, 0.5) is 17.6 Å². The summed E-state index contributed by atoms with van der Waals surface area (Å²) >= 11 is 0. The van der Waals surface area contributed by atoms with E-state index in [1.807, 2.05) is 0 Å². The molecule has 0 heterocycles. The summed E-state index contributed by atoms with van der Waals surface area (Å²) in [5.74, 6) is -0.918. The molecule has 2 unspecified atom stereocenters. The van der Waals surface area contributed by atoms with Crippen molar-refractivity contribution in [2.45, 2.75) is 24.9 Å². The second-order valence-corrected chi connectivity index (χ2v) is 6.09. The predicted molar refractivity (Wildman–Crippen MR) is 66.6 cm³/mol. The third-order valence-electron chi connectivity index (χ3n) is 2.61. The van der Waals surface area contributed by atoms with Crippen molar-refractivity contribution in [2.24, 2.45) is 0 Å². The van der Waals surface area contributed by atoms with Crippen molar-refractivity contribution in [1.82, 2.24) is 5.32 Å². The molecule has 0 radical (unpaired) electrons. The van der Waals surface area contributed by atoms with Gasteiger partial charge >= 0.3 is 6.18 Å². The average molecular weight is 297 g/mol. The Balaban J connectivity index is 2.69. The van der Waals surface area contributed by atoms with Crippen LogP contribution in [-0.4, -0.2) is 22.3 Å². The normalized spacial score (nSPS) is 15.3. The molecule has 1 N–H and O–H groups in total. The lowest BCUT2D eigenvalue weighted by molar-refractivity contribution is -0.137. The molecule has 0 fully saturated rings. The summed E-state index contributed by atoms with van der Waals surface area (Å²) in [5, 5.41) is 2.75. The minimum Gasteiger partial charge on any atom is -0.311 e.